The number of fused-ring (bicyclic) bond motifs is 1. The molecule has 0 aliphatic rings. The minimum atomic E-state index is -4.53. The Morgan fingerprint density at radius 1 is 1.31 bits per heavy atom. The molecule has 2 heterocycles. The van der Waals surface area contributed by atoms with Gasteiger partial charge in [-0.3, -0.25) is 4.40 Å². The van der Waals surface area contributed by atoms with Gasteiger partial charge < -0.3 is 0 Å². The molecule has 7 heteroatoms. The van der Waals surface area contributed by atoms with Crippen LogP contribution in [0.15, 0.2) is 12.1 Å². The van der Waals surface area contributed by atoms with Gasteiger partial charge in [0.25, 0.3) is 0 Å². The number of alkyl halides is 3. The van der Waals surface area contributed by atoms with Crippen LogP contribution in [-0.2, 0) is 12.6 Å². The Labute approximate surface area is 93.9 Å². The highest BCUT2D eigenvalue weighted by Gasteiger charge is 2.37. The van der Waals surface area contributed by atoms with Crippen LogP contribution in [0.2, 0.25) is 5.02 Å². The fourth-order valence-electron chi connectivity index (χ4n) is 1.53. The lowest BCUT2D eigenvalue weighted by molar-refractivity contribution is -0.145. The first kappa shape index (κ1) is 11.2. The normalized spacial score (nSPS) is 12.3. The summed E-state index contributed by atoms with van der Waals surface area (Å²) < 4.78 is 38.8. The standard InChI is InChI=1S/C9H7ClF3N3/c1-2-6-5(10)3-4-7-14-15-8(16(6)7)9(11,12)13/h3-4H,2H2,1H3. The van der Waals surface area contributed by atoms with Crippen molar-refractivity contribution in [2.45, 2.75) is 19.5 Å². The van der Waals surface area contributed by atoms with Crippen molar-refractivity contribution in [1.29, 1.82) is 0 Å². The molecular formula is C9H7ClF3N3. The smallest absolute Gasteiger partial charge is 0.274 e. The third kappa shape index (κ3) is 1.63. The van der Waals surface area contributed by atoms with Crippen LogP contribution in [0.5, 0.6) is 0 Å². The summed E-state index contributed by atoms with van der Waals surface area (Å²) in [6.45, 7) is 1.72. The Kier molecular flexibility index (Phi) is 2.53. The van der Waals surface area contributed by atoms with Crippen LogP contribution in [0.3, 0.4) is 0 Å². The maximum absolute atomic E-state index is 12.6. The van der Waals surface area contributed by atoms with Gasteiger partial charge in [0.15, 0.2) is 5.65 Å². The zero-order chi connectivity index (χ0) is 11.9. The van der Waals surface area contributed by atoms with E-state index >= 15 is 0 Å². The average Bonchev–Trinajstić information content (AvgIpc) is 2.60. The topological polar surface area (TPSA) is 30.2 Å². The molecule has 0 amide bonds. The second-order valence-corrected chi connectivity index (χ2v) is 3.60. The molecule has 86 valence electrons. The highest BCUT2D eigenvalue weighted by molar-refractivity contribution is 6.31. The Morgan fingerprint density at radius 2 is 2.00 bits per heavy atom. The van der Waals surface area contributed by atoms with E-state index in [1.165, 1.54) is 12.1 Å². The van der Waals surface area contributed by atoms with Crippen LogP contribution in [0.4, 0.5) is 13.2 Å². The van der Waals surface area contributed by atoms with E-state index in [0.717, 1.165) is 4.40 Å². The second-order valence-electron chi connectivity index (χ2n) is 3.20. The number of pyridine rings is 1. The number of hydrogen-bond donors (Lipinski definition) is 0. The van der Waals surface area contributed by atoms with E-state index in [4.69, 9.17) is 11.6 Å². The molecule has 0 bridgehead atoms. The van der Waals surface area contributed by atoms with E-state index in [0.29, 0.717) is 12.1 Å². The van der Waals surface area contributed by atoms with Crippen molar-refractivity contribution in [3.8, 4) is 0 Å². The van der Waals surface area contributed by atoms with Crippen LogP contribution in [0, 0.1) is 0 Å². The summed E-state index contributed by atoms with van der Waals surface area (Å²) in [7, 11) is 0. The summed E-state index contributed by atoms with van der Waals surface area (Å²) in [6, 6.07) is 2.92. The van der Waals surface area contributed by atoms with Crippen LogP contribution >= 0.6 is 11.6 Å². The number of aryl methyl sites for hydroxylation is 1. The summed E-state index contributed by atoms with van der Waals surface area (Å²) in [5.74, 6) is -1.04. The lowest BCUT2D eigenvalue weighted by Crippen LogP contribution is -2.13. The van der Waals surface area contributed by atoms with Crippen molar-refractivity contribution in [2.75, 3.05) is 0 Å². The zero-order valence-corrected chi connectivity index (χ0v) is 8.97. The molecule has 0 aromatic carbocycles. The molecule has 16 heavy (non-hydrogen) atoms. The fraction of sp³-hybridized carbons (Fsp3) is 0.333. The van der Waals surface area contributed by atoms with Crippen molar-refractivity contribution in [2.24, 2.45) is 0 Å². The number of hydrogen-bond acceptors (Lipinski definition) is 2. The molecule has 3 nitrogen and oxygen atoms in total. The highest BCUT2D eigenvalue weighted by Crippen LogP contribution is 2.30. The Balaban J connectivity index is 2.83. The van der Waals surface area contributed by atoms with E-state index in [1.54, 1.807) is 6.92 Å². The van der Waals surface area contributed by atoms with Crippen LogP contribution in [0.25, 0.3) is 5.65 Å². The predicted octanol–water partition coefficient (Wildman–Crippen LogP) is 2.96. The van der Waals surface area contributed by atoms with E-state index < -0.39 is 12.0 Å². The summed E-state index contributed by atoms with van der Waals surface area (Å²) in [5, 5.41) is 6.89. The average molecular weight is 250 g/mol. The number of halogens is 4. The molecule has 2 aromatic heterocycles. The van der Waals surface area contributed by atoms with Crippen LogP contribution in [0.1, 0.15) is 18.4 Å². The first-order valence-electron chi connectivity index (χ1n) is 4.55. The Hall–Kier alpha value is -1.30. The number of aromatic nitrogens is 3. The van der Waals surface area contributed by atoms with E-state index in [2.05, 4.69) is 10.2 Å². The molecule has 0 fully saturated rings. The van der Waals surface area contributed by atoms with Crippen molar-refractivity contribution in [3.05, 3.63) is 28.7 Å². The molecule has 0 saturated carbocycles. The lowest BCUT2D eigenvalue weighted by atomic mass is 10.3. The first-order valence-corrected chi connectivity index (χ1v) is 4.92. The number of rotatable bonds is 1. The Morgan fingerprint density at radius 3 is 2.56 bits per heavy atom. The SMILES string of the molecule is CCc1c(Cl)ccc2nnc(C(F)(F)F)n12. The maximum Gasteiger partial charge on any atom is 0.452 e. The molecule has 0 aliphatic heterocycles. The van der Waals surface area contributed by atoms with Gasteiger partial charge in [-0.15, -0.1) is 10.2 Å². The Bertz CT molecular complexity index is 533. The van der Waals surface area contributed by atoms with Crippen LogP contribution in [-0.4, -0.2) is 14.6 Å². The van der Waals surface area contributed by atoms with Gasteiger partial charge in [0.2, 0.25) is 5.82 Å². The van der Waals surface area contributed by atoms with Gasteiger partial charge in [-0.1, -0.05) is 18.5 Å². The van der Waals surface area contributed by atoms with Gasteiger partial charge in [-0.05, 0) is 18.6 Å². The first-order chi connectivity index (χ1) is 7.45. The van der Waals surface area contributed by atoms with Crippen molar-refractivity contribution < 1.29 is 13.2 Å². The van der Waals surface area contributed by atoms with Gasteiger partial charge in [0, 0.05) is 5.69 Å². The van der Waals surface area contributed by atoms with Crippen LogP contribution < -0.4 is 0 Å². The second kappa shape index (κ2) is 3.62. The fourth-order valence-corrected chi connectivity index (χ4v) is 1.81. The molecule has 0 aliphatic carbocycles. The van der Waals surface area contributed by atoms with Gasteiger partial charge in [-0.2, -0.15) is 13.2 Å². The highest BCUT2D eigenvalue weighted by atomic mass is 35.5. The molecule has 0 N–H and O–H groups in total. The quantitative estimate of drug-likeness (QED) is 0.778. The molecule has 0 atom stereocenters. The summed E-state index contributed by atoms with van der Waals surface area (Å²) in [4.78, 5) is 0. The third-order valence-electron chi connectivity index (χ3n) is 2.20. The summed E-state index contributed by atoms with van der Waals surface area (Å²) in [5.41, 5.74) is 0.505. The van der Waals surface area contributed by atoms with Crippen molar-refractivity contribution in [3.63, 3.8) is 0 Å². The molecular weight excluding hydrogens is 243 g/mol. The van der Waals surface area contributed by atoms with Gasteiger partial charge >= 0.3 is 6.18 Å². The maximum atomic E-state index is 12.6. The summed E-state index contributed by atoms with van der Waals surface area (Å²) >= 11 is 5.84. The molecule has 2 rings (SSSR count). The molecule has 0 unspecified atom stereocenters. The summed E-state index contributed by atoms with van der Waals surface area (Å²) in [6.07, 6.45) is -4.16. The van der Waals surface area contributed by atoms with Gasteiger partial charge in [0.05, 0.1) is 5.02 Å². The lowest BCUT2D eigenvalue weighted by Gasteiger charge is -2.09. The zero-order valence-electron chi connectivity index (χ0n) is 8.22. The molecule has 0 saturated heterocycles. The van der Waals surface area contributed by atoms with Gasteiger partial charge in [0.1, 0.15) is 0 Å². The van der Waals surface area contributed by atoms with E-state index in [-0.39, 0.29) is 10.7 Å². The monoisotopic (exact) mass is 249 g/mol. The molecule has 2 aromatic rings. The van der Waals surface area contributed by atoms with Crippen molar-refractivity contribution >= 4 is 17.2 Å². The predicted molar refractivity (Wildman–Crippen MR) is 52.4 cm³/mol. The number of nitrogens with zero attached hydrogens (tertiary/aromatic N) is 3. The minimum Gasteiger partial charge on any atom is -0.274 e. The molecule has 0 spiro atoms. The largest absolute Gasteiger partial charge is 0.452 e. The van der Waals surface area contributed by atoms with Gasteiger partial charge in [-0.25, -0.2) is 0 Å². The van der Waals surface area contributed by atoms with E-state index in [1.807, 2.05) is 0 Å². The molecule has 0 radical (unpaired) electrons. The third-order valence-corrected chi connectivity index (χ3v) is 2.54. The minimum absolute atomic E-state index is 0.147. The van der Waals surface area contributed by atoms with E-state index in [9.17, 15) is 13.2 Å². The van der Waals surface area contributed by atoms with Crippen molar-refractivity contribution in [1.82, 2.24) is 14.6 Å².